The van der Waals surface area contributed by atoms with Crippen molar-refractivity contribution in [3.63, 3.8) is 0 Å². The SMILES string of the molecule is CSC(C)CNc1c(N)cccc1C(=O)O. The van der Waals surface area contributed by atoms with Gasteiger partial charge in [0.15, 0.2) is 0 Å². The standard InChI is InChI=1S/C11H16N2O2S/c1-7(16-2)6-13-10-8(11(14)15)4-3-5-9(10)12/h3-5,7,13H,6,12H2,1-2H3,(H,14,15). The molecule has 0 spiro atoms. The monoisotopic (exact) mass is 240 g/mol. The van der Waals surface area contributed by atoms with Gasteiger partial charge in [-0.2, -0.15) is 11.8 Å². The first-order valence-corrected chi connectivity index (χ1v) is 6.23. The van der Waals surface area contributed by atoms with Gasteiger partial charge in [0.05, 0.1) is 16.9 Å². The Morgan fingerprint density at radius 2 is 2.31 bits per heavy atom. The number of para-hydroxylation sites is 1. The summed E-state index contributed by atoms with van der Waals surface area (Å²) in [4.78, 5) is 11.0. The number of nitrogens with one attached hydrogen (secondary N) is 1. The number of anilines is 2. The lowest BCUT2D eigenvalue weighted by molar-refractivity contribution is 0.0698. The van der Waals surface area contributed by atoms with Crippen LogP contribution in [-0.2, 0) is 0 Å². The molecule has 4 nitrogen and oxygen atoms in total. The molecule has 1 atom stereocenters. The van der Waals surface area contributed by atoms with Crippen LogP contribution in [0.4, 0.5) is 11.4 Å². The minimum absolute atomic E-state index is 0.216. The molecule has 0 heterocycles. The van der Waals surface area contributed by atoms with Crippen LogP contribution in [-0.4, -0.2) is 29.1 Å². The normalized spacial score (nSPS) is 12.1. The van der Waals surface area contributed by atoms with Crippen LogP contribution in [0.5, 0.6) is 0 Å². The van der Waals surface area contributed by atoms with Crippen molar-refractivity contribution in [3.05, 3.63) is 23.8 Å². The van der Waals surface area contributed by atoms with Crippen molar-refractivity contribution in [1.29, 1.82) is 0 Å². The van der Waals surface area contributed by atoms with Crippen molar-refractivity contribution in [2.45, 2.75) is 12.2 Å². The fourth-order valence-electron chi connectivity index (χ4n) is 1.27. The number of nitrogen functional groups attached to an aromatic ring is 1. The van der Waals surface area contributed by atoms with Crippen molar-refractivity contribution < 1.29 is 9.90 Å². The van der Waals surface area contributed by atoms with Gasteiger partial charge in [0.25, 0.3) is 0 Å². The maximum absolute atomic E-state index is 11.0. The molecule has 0 radical (unpaired) electrons. The first-order valence-electron chi connectivity index (χ1n) is 4.94. The van der Waals surface area contributed by atoms with E-state index in [1.807, 2.05) is 6.26 Å². The number of hydrogen-bond acceptors (Lipinski definition) is 4. The molecule has 0 aromatic heterocycles. The van der Waals surface area contributed by atoms with E-state index in [-0.39, 0.29) is 5.56 Å². The number of carboxylic acid groups (broad SMARTS) is 1. The number of benzene rings is 1. The molecule has 1 unspecified atom stereocenters. The molecule has 16 heavy (non-hydrogen) atoms. The van der Waals surface area contributed by atoms with Gasteiger partial charge in [-0.3, -0.25) is 0 Å². The van der Waals surface area contributed by atoms with Crippen LogP contribution in [0.3, 0.4) is 0 Å². The third-order valence-electron chi connectivity index (χ3n) is 2.30. The smallest absolute Gasteiger partial charge is 0.337 e. The summed E-state index contributed by atoms with van der Waals surface area (Å²) in [6.07, 6.45) is 2.01. The quantitative estimate of drug-likeness (QED) is 0.687. The van der Waals surface area contributed by atoms with Gasteiger partial charge in [0, 0.05) is 11.8 Å². The zero-order chi connectivity index (χ0) is 12.1. The van der Waals surface area contributed by atoms with Gasteiger partial charge < -0.3 is 16.2 Å². The van der Waals surface area contributed by atoms with E-state index >= 15 is 0 Å². The van der Waals surface area contributed by atoms with Crippen LogP contribution < -0.4 is 11.1 Å². The van der Waals surface area contributed by atoms with Gasteiger partial charge >= 0.3 is 5.97 Å². The number of carboxylic acids is 1. The van der Waals surface area contributed by atoms with Gasteiger partial charge in [0.2, 0.25) is 0 Å². The summed E-state index contributed by atoms with van der Waals surface area (Å²) in [6, 6.07) is 4.88. The molecule has 88 valence electrons. The van der Waals surface area contributed by atoms with E-state index in [9.17, 15) is 4.79 Å². The molecule has 0 aliphatic rings. The zero-order valence-electron chi connectivity index (χ0n) is 9.36. The van der Waals surface area contributed by atoms with Crippen molar-refractivity contribution in [3.8, 4) is 0 Å². The molecular formula is C11H16N2O2S. The summed E-state index contributed by atoms with van der Waals surface area (Å²) in [7, 11) is 0. The maximum atomic E-state index is 11.0. The summed E-state index contributed by atoms with van der Waals surface area (Å²) in [5.74, 6) is -0.966. The Labute approximate surface area is 99.2 Å². The second kappa shape index (κ2) is 5.65. The Morgan fingerprint density at radius 3 is 2.88 bits per heavy atom. The molecule has 0 saturated heterocycles. The van der Waals surface area contributed by atoms with Crippen LogP contribution in [0.2, 0.25) is 0 Å². The van der Waals surface area contributed by atoms with Crippen molar-refractivity contribution >= 4 is 29.1 Å². The first-order chi connectivity index (χ1) is 7.56. The summed E-state index contributed by atoms with van der Waals surface area (Å²) in [6.45, 7) is 2.76. The minimum atomic E-state index is -0.966. The molecular weight excluding hydrogens is 224 g/mol. The van der Waals surface area contributed by atoms with Crippen molar-refractivity contribution in [2.75, 3.05) is 23.9 Å². The Bertz CT molecular complexity index is 382. The second-order valence-electron chi connectivity index (χ2n) is 3.50. The lowest BCUT2D eigenvalue weighted by Gasteiger charge is -2.14. The Kier molecular flexibility index (Phi) is 4.49. The van der Waals surface area contributed by atoms with Crippen LogP contribution in [0.25, 0.3) is 0 Å². The van der Waals surface area contributed by atoms with E-state index in [1.54, 1.807) is 30.0 Å². The summed E-state index contributed by atoms with van der Waals surface area (Å²) < 4.78 is 0. The van der Waals surface area contributed by atoms with Crippen molar-refractivity contribution in [1.82, 2.24) is 0 Å². The molecule has 5 heteroatoms. The average Bonchev–Trinajstić information content (AvgIpc) is 2.26. The topological polar surface area (TPSA) is 75.3 Å². The van der Waals surface area contributed by atoms with Gasteiger partial charge in [-0.1, -0.05) is 13.0 Å². The molecule has 0 fully saturated rings. The molecule has 0 bridgehead atoms. The number of thioether (sulfide) groups is 1. The van der Waals surface area contributed by atoms with Crippen LogP contribution in [0, 0.1) is 0 Å². The van der Waals surface area contributed by atoms with Gasteiger partial charge in [0.1, 0.15) is 0 Å². The van der Waals surface area contributed by atoms with Crippen molar-refractivity contribution in [2.24, 2.45) is 0 Å². The largest absolute Gasteiger partial charge is 0.478 e. The summed E-state index contributed by atoms with van der Waals surface area (Å²) >= 11 is 1.71. The van der Waals surface area contributed by atoms with E-state index in [1.165, 1.54) is 0 Å². The minimum Gasteiger partial charge on any atom is -0.478 e. The summed E-state index contributed by atoms with van der Waals surface area (Å²) in [5.41, 5.74) is 6.95. The zero-order valence-corrected chi connectivity index (χ0v) is 10.2. The number of rotatable bonds is 5. The van der Waals surface area contributed by atoms with E-state index in [2.05, 4.69) is 12.2 Å². The maximum Gasteiger partial charge on any atom is 0.337 e. The predicted molar refractivity (Wildman–Crippen MR) is 69.3 cm³/mol. The van der Waals surface area contributed by atoms with E-state index < -0.39 is 5.97 Å². The highest BCUT2D eigenvalue weighted by Gasteiger charge is 2.12. The predicted octanol–water partition coefficient (Wildman–Crippen LogP) is 2.13. The highest BCUT2D eigenvalue weighted by atomic mass is 32.2. The molecule has 1 aromatic rings. The molecule has 4 N–H and O–H groups in total. The summed E-state index contributed by atoms with van der Waals surface area (Å²) in [5, 5.41) is 12.5. The lowest BCUT2D eigenvalue weighted by atomic mass is 10.1. The Balaban J connectivity index is 2.88. The van der Waals surface area contributed by atoms with E-state index in [0.717, 1.165) is 0 Å². The van der Waals surface area contributed by atoms with Gasteiger partial charge in [-0.25, -0.2) is 4.79 Å². The highest BCUT2D eigenvalue weighted by molar-refractivity contribution is 7.99. The van der Waals surface area contributed by atoms with E-state index in [0.29, 0.717) is 23.2 Å². The Hall–Kier alpha value is -1.36. The van der Waals surface area contributed by atoms with Gasteiger partial charge in [-0.15, -0.1) is 0 Å². The van der Waals surface area contributed by atoms with Crippen LogP contribution in [0.15, 0.2) is 18.2 Å². The molecule has 0 aliphatic carbocycles. The van der Waals surface area contributed by atoms with Crippen LogP contribution in [0.1, 0.15) is 17.3 Å². The van der Waals surface area contributed by atoms with Crippen LogP contribution >= 0.6 is 11.8 Å². The lowest BCUT2D eigenvalue weighted by Crippen LogP contribution is -2.16. The fourth-order valence-corrected chi connectivity index (χ4v) is 1.52. The molecule has 1 rings (SSSR count). The average molecular weight is 240 g/mol. The third kappa shape index (κ3) is 3.06. The molecule has 0 aliphatic heterocycles. The molecule has 1 aromatic carbocycles. The number of carbonyl (C=O) groups is 1. The number of nitrogens with two attached hydrogens (primary N) is 1. The Morgan fingerprint density at radius 1 is 1.62 bits per heavy atom. The number of hydrogen-bond donors (Lipinski definition) is 3. The molecule has 0 amide bonds. The molecule has 0 saturated carbocycles. The number of aromatic carboxylic acids is 1. The second-order valence-corrected chi connectivity index (χ2v) is 4.78. The highest BCUT2D eigenvalue weighted by Crippen LogP contribution is 2.24. The first kappa shape index (κ1) is 12.7. The van der Waals surface area contributed by atoms with Gasteiger partial charge in [-0.05, 0) is 18.4 Å². The fraction of sp³-hybridized carbons (Fsp3) is 0.364. The third-order valence-corrected chi connectivity index (χ3v) is 3.27. The van der Waals surface area contributed by atoms with E-state index in [4.69, 9.17) is 10.8 Å².